The van der Waals surface area contributed by atoms with Crippen molar-refractivity contribution < 1.29 is 0 Å². The first-order valence-corrected chi connectivity index (χ1v) is 7.83. The van der Waals surface area contributed by atoms with Gasteiger partial charge < -0.3 is 5.32 Å². The number of rotatable bonds is 2. The first kappa shape index (κ1) is 13.7. The Kier molecular flexibility index (Phi) is 4.04. The summed E-state index contributed by atoms with van der Waals surface area (Å²) in [6.45, 7) is 5.69. The molecule has 3 rings (SSSR count). The molecule has 2 heterocycles. The van der Waals surface area contributed by atoms with E-state index in [1.165, 1.54) is 25.9 Å². The molecular weight excluding hydrogens is 279 g/mol. The van der Waals surface area contributed by atoms with Gasteiger partial charge in [-0.3, -0.25) is 4.90 Å². The third kappa shape index (κ3) is 2.64. The van der Waals surface area contributed by atoms with Crippen LogP contribution in [0.25, 0.3) is 0 Å². The number of likely N-dealkylation sites (tertiary alicyclic amines) is 1. The lowest BCUT2D eigenvalue weighted by Gasteiger charge is -2.25. The normalized spacial score (nSPS) is 29.2. The fraction of sp³-hybridized carbons (Fsp3) is 0.600. The van der Waals surface area contributed by atoms with Crippen LogP contribution >= 0.6 is 23.2 Å². The van der Waals surface area contributed by atoms with Gasteiger partial charge in [-0.1, -0.05) is 35.3 Å². The molecule has 1 aromatic carbocycles. The highest BCUT2D eigenvalue weighted by Crippen LogP contribution is 2.36. The molecule has 0 aromatic heterocycles. The SMILES string of the molecule is CC(c1cccc(Cl)c1Cl)N1CC2CCCNC2C1. The zero-order valence-corrected chi connectivity index (χ0v) is 12.7. The minimum Gasteiger partial charge on any atom is -0.312 e. The molecule has 2 nitrogen and oxygen atoms in total. The summed E-state index contributed by atoms with van der Waals surface area (Å²) in [5.74, 6) is 0.800. The van der Waals surface area contributed by atoms with Crippen molar-refractivity contribution in [1.82, 2.24) is 10.2 Å². The molecule has 19 heavy (non-hydrogen) atoms. The van der Waals surface area contributed by atoms with Crippen molar-refractivity contribution in [1.29, 1.82) is 0 Å². The van der Waals surface area contributed by atoms with Crippen LogP contribution in [-0.4, -0.2) is 30.6 Å². The van der Waals surface area contributed by atoms with E-state index in [0.29, 0.717) is 22.1 Å². The van der Waals surface area contributed by atoms with Crippen molar-refractivity contribution in [3.05, 3.63) is 33.8 Å². The molecule has 2 aliphatic heterocycles. The zero-order chi connectivity index (χ0) is 13.4. The molecule has 0 bridgehead atoms. The summed E-state index contributed by atoms with van der Waals surface area (Å²) in [6.07, 6.45) is 2.66. The lowest BCUT2D eigenvalue weighted by atomic mass is 9.94. The Balaban J connectivity index is 1.77. The van der Waals surface area contributed by atoms with Gasteiger partial charge in [0.15, 0.2) is 0 Å². The Morgan fingerprint density at radius 2 is 2.16 bits per heavy atom. The summed E-state index contributed by atoms with van der Waals surface area (Å²) < 4.78 is 0. The predicted molar refractivity (Wildman–Crippen MR) is 81.0 cm³/mol. The number of fused-ring (bicyclic) bond motifs is 1. The van der Waals surface area contributed by atoms with Crippen LogP contribution in [0, 0.1) is 5.92 Å². The second-order valence-corrected chi connectivity index (χ2v) is 6.52. The quantitative estimate of drug-likeness (QED) is 0.895. The second-order valence-electron chi connectivity index (χ2n) is 5.74. The highest BCUT2D eigenvalue weighted by Gasteiger charge is 2.36. The van der Waals surface area contributed by atoms with Crippen molar-refractivity contribution in [2.24, 2.45) is 5.92 Å². The summed E-state index contributed by atoms with van der Waals surface area (Å²) >= 11 is 12.5. The van der Waals surface area contributed by atoms with E-state index in [0.717, 1.165) is 18.0 Å². The third-order valence-corrected chi connectivity index (χ3v) is 5.44. The van der Waals surface area contributed by atoms with Gasteiger partial charge in [-0.2, -0.15) is 0 Å². The van der Waals surface area contributed by atoms with E-state index < -0.39 is 0 Å². The van der Waals surface area contributed by atoms with Crippen LogP contribution in [0.4, 0.5) is 0 Å². The Morgan fingerprint density at radius 1 is 1.32 bits per heavy atom. The van der Waals surface area contributed by atoms with Crippen molar-refractivity contribution >= 4 is 23.2 Å². The van der Waals surface area contributed by atoms with Crippen LogP contribution in [0.2, 0.25) is 10.0 Å². The topological polar surface area (TPSA) is 15.3 Å². The average molecular weight is 299 g/mol. The minimum atomic E-state index is 0.332. The van der Waals surface area contributed by atoms with Crippen LogP contribution in [0.1, 0.15) is 31.4 Å². The third-order valence-electron chi connectivity index (χ3n) is 4.61. The molecule has 3 atom stereocenters. The first-order chi connectivity index (χ1) is 9.16. The van der Waals surface area contributed by atoms with Crippen LogP contribution in [0.3, 0.4) is 0 Å². The van der Waals surface area contributed by atoms with Crippen molar-refractivity contribution in [3.63, 3.8) is 0 Å². The van der Waals surface area contributed by atoms with Crippen LogP contribution in [0.5, 0.6) is 0 Å². The summed E-state index contributed by atoms with van der Waals surface area (Å²) in [6, 6.07) is 6.92. The monoisotopic (exact) mass is 298 g/mol. The van der Waals surface area contributed by atoms with Crippen LogP contribution in [0.15, 0.2) is 18.2 Å². The number of hydrogen-bond donors (Lipinski definition) is 1. The van der Waals surface area contributed by atoms with Crippen molar-refractivity contribution in [2.75, 3.05) is 19.6 Å². The smallest absolute Gasteiger partial charge is 0.0640 e. The Morgan fingerprint density at radius 3 is 2.95 bits per heavy atom. The van der Waals surface area contributed by atoms with Crippen molar-refractivity contribution in [3.8, 4) is 0 Å². The summed E-state index contributed by atoms with van der Waals surface area (Å²) in [5, 5.41) is 5.00. The Bertz CT molecular complexity index is 449. The lowest BCUT2D eigenvalue weighted by Crippen LogP contribution is -2.40. The van der Waals surface area contributed by atoms with E-state index in [2.05, 4.69) is 23.2 Å². The van der Waals surface area contributed by atoms with Gasteiger partial charge in [0.1, 0.15) is 0 Å². The highest BCUT2D eigenvalue weighted by atomic mass is 35.5. The standard InChI is InChI=1S/C15H20Cl2N2/c1-10(12-5-2-6-13(16)15(12)17)19-8-11-4-3-7-18-14(11)9-19/h2,5-6,10-11,14,18H,3-4,7-9H2,1H3. The number of benzene rings is 1. The molecule has 3 unspecified atom stereocenters. The first-order valence-electron chi connectivity index (χ1n) is 7.08. The molecule has 2 fully saturated rings. The van der Waals surface area contributed by atoms with Gasteiger partial charge in [0.25, 0.3) is 0 Å². The van der Waals surface area contributed by atoms with Crippen molar-refractivity contribution in [2.45, 2.75) is 31.8 Å². The molecule has 1 aromatic rings. The van der Waals surface area contributed by atoms with E-state index in [1.807, 2.05) is 12.1 Å². The maximum Gasteiger partial charge on any atom is 0.0640 e. The zero-order valence-electron chi connectivity index (χ0n) is 11.2. The summed E-state index contributed by atoms with van der Waals surface area (Å²) in [5.41, 5.74) is 1.15. The largest absolute Gasteiger partial charge is 0.312 e. The Hall–Kier alpha value is -0.280. The number of piperidine rings is 1. The molecular formula is C15H20Cl2N2. The maximum absolute atomic E-state index is 6.35. The van der Waals surface area contributed by atoms with Gasteiger partial charge in [-0.25, -0.2) is 0 Å². The van der Waals surface area contributed by atoms with E-state index in [4.69, 9.17) is 23.2 Å². The molecule has 104 valence electrons. The number of halogens is 2. The van der Waals surface area contributed by atoms with Crippen LogP contribution < -0.4 is 5.32 Å². The molecule has 0 radical (unpaired) electrons. The van der Waals surface area contributed by atoms with E-state index in [1.54, 1.807) is 0 Å². The van der Waals surface area contributed by atoms with Gasteiger partial charge in [-0.15, -0.1) is 0 Å². The lowest BCUT2D eigenvalue weighted by molar-refractivity contribution is 0.251. The van der Waals surface area contributed by atoms with Gasteiger partial charge in [0.05, 0.1) is 10.0 Å². The van der Waals surface area contributed by atoms with E-state index >= 15 is 0 Å². The van der Waals surface area contributed by atoms with Gasteiger partial charge >= 0.3 is 0 Å². The fourth-order valence-electron chi connectivity index (χ4n) is 3.44. The fourth-order valence-corrected chi connectivity index (χ4v) is 3.90. The van der Waals surface area contributed by atoms with E-state index in [-0.39, 0.29) is 0 Å². The number of hydrogen-bond acceptors (Lipinski definition) is 2. The maximum atomic E-state index is 6.35. The minimum absolute atomic E-state index is 0.332. The molecule has 0 saturated carbocycles. The second kappa shape index (κ2) is 5.61. The molecule has 0 spiro atoms. The van der Waals surface area contributed by atoms with Gasteiger partial charge in [0.2, 0.25) is 0 Å². The summed E-state index contributed by atoms with van der Waals surface area (Å²) in [4.78, 5) is 2.53. The van der Waals surface area contributed by atoms with E-state index in [9.17, 15) is 0 Å². The van der Waals surface area contributed by atoms with Crippen LogP contribution in [-0.2, 0) is 0 Å². The molecule has 1 N–H and O–H groups in total. The Labute approximate surface area is 125 Å². The molecule has 2 aliphatic rings. The average Bonchev–Trinajstić information content (AvgIpc) is 2.85. The number of nitrogens with zero attached hydrogens (tertiary/aromatic N) is 1. The molecule has 0 amide bonds. The number of nitrogens with one attached hydrogen (secondary N) is 1. The summed E-state index contributed by atoms with van der Waals surface area (Å²) in [7, 11) is 0. The molecule has 4 heteroatoms. The highest BCUT2D eigenvalue weighted by molar-refractivity contribution is 6.42. The van der Waals surface area contributed by atoms with Gasteiger partial charge in [-0.05, 0) is 43.9 Å². The molecule has 0 aliphatic carbocycles. The molecule has 2 saturated heterocycles. The van der Waals surface area contributed by atoms with Gasteiger partial charge in [0, 0.05) is 25.2 Å². The predicted octanol–water partition coefficient (Wildman–Crippen LogP) is 3.74.